The van der Waals surface area contributed by atoms with E-state index in [1.165, 1.54) is 25.0 Å². The van der Waals surface area contributed by atoms with Crippen molar-refractivity contribution in [2.45, 2.75) is 44.2 Å². The molecule has 0 aromatic heterocycles. The van der Waals surface area contributed by atoms with E-state index in [4.69, 9.17) is 10.5 Å². The SMILES string of the molecule is NC1CCCCC1OCCc1ccc([N+](=O)[O-])cc1. The molecule has 1 aliphatic rings. The summed E-state index contributed by atoms with van der Waals surface area (Å²) in [6, 6.07) is 6.78. The Hall–Kier alpha value is -1.46. The van der Waals surface area contributed by atoms with Crippen LogP contribution in [0.25, 0.3) is 0 Å². The Morgan fingerprint density at radius 1 is 1.26 bits per heavy atom. The minimum absolute atomic E-state index is 0.124. The highest BCUT2D eigenvalue weighted by atomic mass is 16.6. The van der Waals surface area contributed by atoms with Crippen LogP contribution in [-0.4, -0.2) is 23.7 Å². The number of rotatable bonds is 5. The Bertz CT molecular complexity index is 419. The van der Waals surface area contributed by atoms with Gasteiger partial charge in [-0.2, -0.15) is 0 Å². The molecule has 2 atom stereocenters. The van der Waals surface area contributed by atoms with Gasteiger partial charge in [-0.1, -0.05) is 25.0 Å². The van der Waals surface area contributed by atoms with Crippen LogP contribution in [0.3, 0.4) is 0 Å². The van der Waals surface area contributed by atoms with Crippen LogP contribution in [-0.2, 0) is 11.2 Å². The molecule has 0 bridgehead atoms. The first-order chi connectivity index (χ1) is 9.16. The number of non-ortho nitro benzene ring substituents is 1. The van der Waals surface area contributed by atoms with Gasteiger partial charge in [-0.3, -0.25) is 10.1 Å². The van der Waals surface area contributed by atoms with Gasteiger partial charge in [0.1, 0.15) is 0 Å². The van der Waals surface area contributed by atoms with Crippen LogP contribution in [0.2, 0.25) is 0 Å². The molecule has 0 radical (unpaired) electrons. The maximum absolute atomic E-state index is 10.5. The van der Waals surface area contributed by atoms with Gasteiger partial charge in [-0.05, 0) is 24.8 Å². The quantitative estimate of drug-likeness (QED) is 0.654. The normalized spacial score (nSPS) is 23.2. The van der Waals surface area contributed by atoms with Crippen molar-refractivity contribution in [3.05, 3.63) is 39.9 Å². The van der Waals surface area contributed by atoms with E-state index in [9.17, 15) is 10.1 Å². The molecule has 1 aliphatic carbocycles. The van der Waals surface area contributed by atoms with Crippen molar-refractivity contribution in [1.82, 2.24) is 0 Å². The van der Waals surface area contributed by atoms with E-state index in [0.29, 0.717) is 6.61 Å². The second-order valence-electron chi connectivity index (χ2n) is 5.03. The van der Waals surface area contributed by atoms with Gasteiger partial charge in [0.2, 0.25) is 0 Å². The molecule has 0 aliphatic heterocycles. The number of nitrogens with two attached hydrogens (primary N) is 1. The van der Waals surface area contributed by atoms with Crippen LogP contribution >= 0.6 is 0 Å². The third-order valence-corrected chi connectivity index (χ3v) is 3.62. The zero-order chi connectivity index (χ0) is 13.7. The molecule has 0 spiro atoms. The van der Waals surface area contributed by atoms with Crippen LogP contribution in [0.5, 0.6) is 0 Å². The summed E-state index contributed by atoms with van der Waals surface area (Å²) in [5.74, 6) is 0. The van der Waals surface area contributed by atoms with E-state index in [-0.39, 0.29) is 22.8 Å². The average Bonchev–Trinajstić information content (AvgIpc) is 2.41. The topological polar surface area (TPSA) is 78.4 Å². The minimum atomic E-state index is -0.388. The summed E-state index contributed by atoms with van der Waals surface area (Å²) in [5.41, 5.74) is 7.19. The first kappa shape index (κ1) is 14.0. The Morgan fingerprint density at radius 3 is 2.58 bits per heavy atom. The van der Waals surface area contributed by atoms with Crippen molar-refractivity contribution in [3.63, 3.8) is 0 Å². The van der Waals surface area contributed by atoms with Crippen LogP contribution in [0, 0.1) is 10.1 Å². The highest BCUT2D eigenvalue weighted by molar-refractivity contribution is 5.32. The van der Waals surface area contributed by atoms with Gasteiger partial charge < -0.3 is 10.5 Å². The van der Waals surface area contributed by atoms with Crippen molar-refractivity contribution >= 4 is 5.69 Å². The number of nitro groups is 1. The average molecular weight is 264 g/mol. The molecule has 0 heterocycles. The first-order valence-electron chi connectivity index (χ1n) is 6.77. The Labute approximate surface area is 112 Å². The van der Waals surface area contributed by atoms with Crippen molar-refractivity contribution in [2.24, 2.45) is 5.73 Å². The summed E-state index contributed by atoms with van der Waals surface area (Å²) in [5, 5.41) is 10.5. The number of nitro benzene ring substituents is 1. The summed E-state index contributed by atoms with van der Waals surface area (Å²) in [7, 11) is 0. The Balaban J connectivity index is 1.77. The molecule has 5 nitrogen and oxygen atoms in total. The van der Waals surface area contributed by atoms with Crippen LogP contribution in [0.4, 0.5) is 5.69 Å². The lowest BCUT2D eigenvalue weighted by atomic mass is 9.93. The lowest BCUT2D eigenvalue weighted by molar-refractivity contribution is -0.384. The standard InChI is InChI=1S/C14H20N2O3/c15-13-3-1-2-4-14(13)19-10-9-11-5-7-12(8-6-11)16(17)18/h5-8,13-14H,1-4,9-10,15H2. The van der Waals surface area contributed by atoms with Gasteiger partial charge in [-0.15, -0.1) is 0 Å². The van der Waals surface area contributed by atoms with Gasteiger partial charge in [0.25, 0.3) is 5.69 Å². The van der Waals surface area contributed by atoms with E-state index in [0.717, 1.165) is 24.8 Å². The fourth-order valence-corrected chi connectivity index (χ4v) is 2.44. The van der Waals surface area contributed by atoms with Crippen molar-refractivity contribution in [2.75, 3.05) is 6.61 Å². The molecule has 1 saturated carbocycles. The fraction of sp³-hybridized carbons (Fsp3) is 0.571. The minimum Gasteiger partial charge on any atom is -0.376 e. The number of benzene rings is 1. The molecule has 2 rings (SSSR count). The second-order valence-corrected chi connectivity index (χ2v) is 5.03. The van der Waals surface area contributed by atoms with Crippen molar-refractivity contribution in [3.8, 4) is 0 Å². The van der Waals surface area contributed by atoms with E-state index in [1.54, 1.807) is 12.1 Å². The molecule has 1 aromatic carbocycles. The van der Waals surface area contributed by atoms with Crippen LogP contribution < -0.4 is 5.73 Å². The van der Waals surface area contributed by atoms with E-state index in [1.807, 2.05) is 0 Å². The highest BCUT2D eigenvalue weighted by Crippen LogP contribution is 2.20. The molecule has 2 N–H and O–H groups in total. The molecule has 2 unspecified atom stereocenters. The number of hydrogen-bond donors (Lipinski definition) is 1. The van der Waals surface area contributed by atoms with Crippen molar-refractivity contribution < 1.29 is 9.66 Å². The summed E-state index contributed by atoms with van der Waals surface area (Å²) in [4.78, 5) is 10.1. The molecular formula is C14H20N2O3. The first-order valence-corrected chi connectivity index (χ1v) is 6.77. The summed E-state index contributed by atoms with van der Waals surface area (Å²) >= 11 is 0. The van der Waals surface area contributed by atoms with Gasteiger partial charge in [0.05, 0.1) is 17.6 Å². The molecule has 0 saturated heterocycles. The fourth-order valence-electron chi connectivity index (χ4n) is 2.44. The molecule has 1 fully saturated rings. The van der Waals surface area contributed by atoms with E-state index < -0.39 is 0 Å². The van der Waals surface area contributed by atoms with E-state index in [2.05, 4.69) is 0 Å². The Kier molecular flexibility index (Phi) is 4.87. The third-order valence-electron chi connectivity index (χ3n) is 3.62. The van der Waals surface area contributed by atoms with E-state index >= 15 is 0 Å². The zero-order valence-corrected chi connectivity index (χ0v) is 11.0. The molecule has 5 heteroatoms. The van der Waals surface area contributed by atoms with Crippen LogP contribution in [0.1, 0.15) is 31.2 Å². The number of ether oxygens (including phenoxy) is 1. The summed E-state index contributed by atoms with van der Waals surface area (Å²) in [6.07, 6.45) is 5.41. The summed E-state index contributed by atoms with van der Waals surface area (Å²) < 4.78 is 5.82. The van der Waals surface area contributed by atoms with Gasteiger partial charge in [-0.25, -0.2) is 0 Å². The smallest absolute Gasteiger partial charge is 0.269 e. The van der Waals surface area contributed by atoms with Gasteiger partial charge in [0.15, 0.2) is 0 Å². The lowest BCUT2D eigenvalue weighted by Crippen LogP contribution is -2.39. The summed E-state index contributed by atoms with van der Waals surface area (Å²) in [6.45, 7) is 0.621. The molecule has 0 amide bonds. The largest absolute Gasteiger partial charge is 0.376 e. The molecule has 1 aromatic rings. The number of nitrogens with zero attached hydrogens (tertiary/aromatic N) is 1. The molecule has 104 valence electrons. The van der Waals surface area contributed by atoms with Crippen LogP contribution in [0.15, 0.2) is 24.3 Å². The van der Waals surface area contributed by atoms with Gasteiger partial charge >= 0.3 is 0 Å². The maximum Gasteiger partial charge on any atom is 0.269 e. The van der Waals surface area contributed by atoms with Crippen molar-refractivity contribution in [1.29, 1.82) is 0 Å². The Morgan fingerprint density at radius 2 is 1.95 bits per heavy atom. The highest BCUT2D eigenvalue weighted by Gasteiger charge is 2.21. The predicted molar refractivity (Wildman–Crippen MR) is 73.0 cm³/mol. The molecular weight excluding hydrogens is 244 g/mol. The van der Waals surface area contributed by atoms with Gasteiger partial charge in [0, 0.05) is 18.2 Å². The lowest BCUT2D eigenvalue weighted by Gasteiger charge is -2.28. The third kappa shape index (κ3) is 4.01. The predicted octanol–water partition coefficient (Wildman–Crippen LogP) is 2.42. The molecule has 19 heavy (non-hydrogen) atoms. The second kappa shape index (κ2) is 6.63. The monoisotopic (exact) mass is 264 g/mol. The zero-order valence-electron chi connectivity index (χ0n) is 11.0. The maximum atomic E-state index is 10.5. The number of hydrogen-bond acceptors (Lipinski definition) is 4.